The Kier molecular flexibility index (Phi) is 5.57. The Morgan fingerprint density at radius 2 is 1.81 bits per heavy atom. The maximum Gasteiger partial charge on any atom is 0.123 e. The molecule has 0 saturated carbocycles. The largest absolute Gasteiger partial charge is 0.500 e. The maximum absolute atomic E-state index is 13.3. The van der Waals surface area contributed by atoms with E-state index >= 15 is 0 Å². The molecule has 0 saturated heterocycles. The Balaban J connectivity index is 2.51. The van der Waals surface area contributed by atoms with Gasteiger partial charge in [-0.1, -0.05) is 46.3 Å². The Morgan fingerprint density at radius 1 is 1.10 bits per heavy atom. The van der Waals surface area contributed by atoms with Crippen LogP contribution in [0.2, 0.25) is 0 Å². The number of hydrogen-bond donors (Lipinski definition) is 0. The zero-order valence-electron chi connectivity index (χ0n) is 12.2. The van der Waals surface area contributed by atoms with Gasteiger partial charge in [0.1, 0.15) is 5.82 Å². The Hall–Kier alpha value is -1.61. The number of rotatable bonds is 5. The van der Waals surface area contributed by atoms with Crippen molar-refractivity contribution in [1.29, 1.82) is 0 Å². The zero-order chi connectivity index (χ0) is 15.2. The second-order valence-electron chi connectivity index (χ2n) is 4.87. The Morgan fingerprint density at radius 3 is 2.48 bits per heavy atom. The van der Waals surface area contributed by atoms with Gasteiger partial charge in [-0.05, 0) is 48.2 Å². The van der Waals surface area contributed by atoms with E-state index in [0.717, 1.165) is 33.2 Å². The van der Waals surface area contributed by atoms with Crippen molar-refractivity contribution in [3.8, 4) is 0 Å². The molecule has 0 aliphatic rings. The summed E-state index contributed by atoms with van der Waals surface area (Å²) in [6.07, 6.45) is 1.77. The van der Waals surface area contributed by atoms with E-state index in [9.17, 15) is 4.39 Å². The van der Waals surface area contributed by atoms with Gasteiger partial charge in [0.05, 0.1) is 12.9 Å². The molecule has 0 amide bonds. The second-order valence-corrected chi connectivity index (χ2v) is 5.66. The molecule has 21 heavy (non-hydrogen) atoms. The lowest BCUT2D eigenvalue weighted by atomic mass is 9.92. The van der Waals surface area contributed by atoms with Crippen LogP contribution in [-0.4, -0.2) is 11.9 Å². The van der Waals surface area contributed by atoms with Crippen molar-refractivity contribution in [3.63, 3.8) is 0 Å². The van der Waals surface area contributed by atoms with Crippen molar-refractivity contribution in [2.24, 2.45) is 0 Å². The minimum absolute atomic E-state index is 0.221. The number of hydrogen-bond acceptors (Lipinski definition) is 1. The van der Waals surface area contributed by atoms with Gasteiger partial charge in [0.2, 0.25) is 0 Å². The average Bonchev–Trinajstić information content (AvgIpc) is 2.46. The Bertz CT molecular complexity index is 649. The minimum atomic E-state index is -0.221. The number of ether oxygens (including phenoxy) is 1. The third kappa shape index (κ3) is 3.94. The highest BCUT2D eigenvalue weighted by Gasteiger charge is 2.11. The number of alkyl halides is 1. The molecule has 2 rings (SSSR count). The first kappa shape index (κ1) is 15.8. The molecule has 0 radical (unpaired) electrons. The highest BCUT2D eigenvalue weighted by Crippen LogP contribution is 2.29. The molecule has 2 aromatic rings. The highest BCUT2D eigenvalue weighted by atomic mass is 79.9. The summed E-state index contributed by atoms with van der Waals surface area (Å²) in [6, 6.07) is 13.0. The van der Waals surface area contributed by atoms with Crippen molar-refractivity contribution in [2.75, 3.05) is 11.9 Å². The SMILES string of the molecule is Cc1ccccc1/C(=C/OCCBr)c1ccc(F)cc1C. The molecular formula is C18H18BrFO. The molecule has 2 aromatic carbocycles. The van der Waals surface area contributed by atoms with Crippen molar-refractivity contribution < 1.29 is 9.13 Å². The fourth-order valence-corrected chi connectivity index (χ4v) is 2.45. The smallest absolute Gasteiger partial charge is 0.123 e. The quantitative estimate of drug-likeness (QED) is 0.407. The van der Waals surface area contributed by atoms with E-state index in [2.05, 4.69) is 35.0 Å². The lowest BCUT2D eigenvalue weighted by Crippen LogP contribution is -1.97. The van der Waals surface area contributed by atoms with Gasteiger partial charge >= 0.3 is 0 Å². The van der Waals surface area contributed by atoms with Crippen LogP contribution in [0.5, 0.6) is 0 Å². The molecule has 110 valence electrons. The molecule has 1 nitrogen and oxygen atoms in total. The van der Waals surface area contributed by atoms with Crippen LogP contribution < -0.4 is 0 Å². The van der Waals surface area contributed by atoms with Gasteiger partial charge in [-0.3, -0.25) is 0 Å². The number of halogens is 2. The van der Waals surface area contributed by atoms with Crippen LogP contribution in [0.1, 0.15) is 22.3 Å². The van der Waals surface area contributed by atoms with Gasteiger partial charge in [-0.25, -0.2) is 4.39 Å². The third-order valence-electron chi connectivity index (χ3n) is 3.31. The first-order valence-corrected chi connectivity index (χ1v) is 7.96. The summed E-state index contributed by atoms with van der Waals surface area (Å²) in [7, 11) is 0. The monoisotopic (exact) mass is 348 g/mol. The van der Waals surface area contributed by atoms with Crippen LogP contribution in [0, 0.1) is 19.7 Å². The fourth-order valence-electron chi connectivity index (χ4n) is 2.26. The van der Waals surface area contributed by atoms with Gasteiger partial charge in [-0.15, -0.1) is 0 Å². The zero-order valence-corrected chi connectivity index (χ0v) is 13.8. The molecule has 3 heteroatoms. The number of aryl methyl sites for hydroxylation is 2. The summed E-state index contributed by atoms with van der Waals surface area (Å²) in [4.78, 5) is 0. The van der Waals surface area contributed by atoms with E-state index in [0.29, 0.717) is 6.61 Å². The average molecular weight is 349 g/mol. The van der Waals surface area contributed by atoms with E-state index in [-0.39, 0.29) is 5.82 Å². The molecule has 0 bridgehead atoms. The van der Waals surface area contributed by atoms with Crippen molar-refractivity contribution in [2.45, 2.75) is 13.8 Å². The van der Waals surface area contributed by atoms with E-state index in [1.165, 1.54) is 6.07 Å². The molecule has 0 spiro atoms. The predicted molar refractivity (Wildman–Crippen MR) is 89.1 cm³/mol. The molecule has 0 fully saturated rings. The van der Waals surface area contributed by atoms with Crippen LogP contribution in [-0.2, 0) is 4.74 Å². The maximum atomic E-state index is 13.3. The van der Waals surface area contributed by atoms with Gasteiger partial charge in [0.25, 0.3) is 0 Å². The summed E-state index contributed by atoms with van der Waals surface area (Å²) in [5.41, 5.74) is 5.12. The van der Waals surface area contributed by atoms with Crippen LogP contribution in [0.4, 0.5) is 4.39 Å². The molecule has 0 unspecified atom stereocenters. The van der Waals surface area contributed by atoms with E-state index in [1.54, 1.807) is 18.4 Å². The summed E-state index contributed by atoms with van der Waals surface area (Å²) in [5.74, 6) is -0.221. The lowest BCUT2D eigenvalue weighted by Gasteiger charge is -2.14. The van der Waals surface area contributed by atoms with Gasteiger partial charge in [-0.2, -0.15) is 0 Å². The molecule has 0 aromatic heterocycles. The van der Waals surface area contributed by atoms with Crippen LogP contribution in [0.3, 0.4) is 0 Å². The number of benzene rings is 2. The first-order valence-electron chi connectivity index (χ1n) is 6.83. The van der Waals surface area contributed by atoms with Crippen LogP contribution in [0.25, 0.3) is 5.57 Å². The summed E-state index contributed by atoms with van der Waals surface area (Å²) >= 11 is 3.35. The Labute approximate surface area is 133 Å². The molecular weight excluding hydrogens is 331 g/mol. The molecule has 0 atom stereocenters. The molecule has 0 aliphatic carbocycles. The van der Waals surface area contributed by atoms with E-state index in [4.69, 9.17) is 4.74 Å². The highest BCUT2D eigenvalue weighted by molar-refractivity contribution is 9.09. The van der Waals surface area contributed by atoms with Crippen molar-refractivity contribution in [1.82, 2.24) is 0 Å². The predicted octanol–water partition coefficient (Wildman–Crippen LogP) is 5.24. The first-order chi connectivity index (χ1) is 10.1. The van der Waals surface area contributed by atoms with Gasteiger partial charge in [0.15, 0.2) is 0 Å². The van der Waals surface area contributed by atoms with Gasteiger partial charge < -0.3 is 4.74 Å². The molecule has 0 N–H and O–H groups in total. The van der Waals surface area contributed by atoms with Crippen molar-refractivity contribution in [3.05, 3.63) is 76.8 Å². The van der Waals surface area contributed by atoms with E-state index in [1.807, 2.05) is 19.1 Å². The third-order valence-corrected chi connectivity index (χ3v) is 3.63. The lowest BCUT2D eigenvalue weighted by molar-refractivity contribution is 0.275. The minimum Gasteiger partial charge on any atom is -0.500 e. The summed E-state index contributed by atoms with van der Waals surface area (Å²) in [5, 5.41) is 0.771. The van der Waals surface area contributed by atoms with Gasteiger partial charge in [0, 0.05) is 10.9 Å². The second kappa shape index (κ2) is 7.41. The normalized spacial score (nSPS) is 11.5. The standard InChI is InChI=1S/C18H18BrFO/c1-13-5-3-4-6-16(13)18(12-21-10-9-19)17-8-7-15(20)11-14(17)2/h3-8,11-12H,9-10H2,1-2H3/b18-12-. The van der Waals surface area contributed by atoms with Crippen LogP contribution in [0.15, 0.2) is 48.7 Å². The molecule has 0 heterocycles. The van der Waals surface area contributed by atoms with Crippen LogP contribution >= 0.6 is 15.9 Å². The van der Waals surface area contributed by atoms with E-state index < -0.39 is 0 Å². The van der Waals surface area contributed by atoms with Crippen molar-refractivity contribution >= 4 is 21.5 Å². The molecule has 0 aliphatic heterocycles. The topological polar surface area (TPSA) is 9.23 Å². The summed E-state index contributed by atoms with van der Waals surface area (Å²) in [6.45, 7) is 4.57. The fraction of sp³-hybridized carbons (Fsp3) is 0.222. The summed E-state index contributed by atoms with van der Waals surface area (Å²) < 4.78 is 18.9.